The van der Waals surface area contributed by atoms with Crippen LogP contribution in [0.15, 0.2) is 30.3 Å². The van der Waals surface area contributed by atoms with Crippen LogP contribution in [0.4, 0.5) is 0 Å². The molecule has 8 heteroatoms. The number of nitrogens with zero attached hydrogens (tertiary/aromatic N) is 1. The molecule has 1 aromatic carbocycles. The van der Waals surface area contributed by atoms with E-state index < -0.39 is 5.17 Å². The summed E-state index contributed by atoms with van der Waals surface area (Å²) in [7, 11) is 1.62. The topological polar surface area (TPSA) is 98.8 Å². The van der Waals surface area contributed by atoms with Gasteiger partial charge in [0.2, 0.25) is 0 Å². The number of carbonyl (C=O) groups excluding carboxylic acids is 1. The Kier molecular flexibility index (Phi) is 14.3. The van der Waals surface area contributed by atoms with E-state index in [1.807, 2.05) is 32.0 Å². The molecule has 22 heavy (non-hydrogen) atoms. The first kappa shape index (κ1) is 22.4. The first-order valence-corrected chi connectivity index (χ1v) is 7.35. The molecule has 1 aromatic rings. The van der Waals surface area contributed by atoms with Crippen LogP contribution >= 0.6 is 24.4 Å². The van der Waals surface area contributed by atoms with Crippen molar-refractivity contribution < 1.29 is 15.0 Å². The minimum absolute atomic E-state index is 0.00463. The number of nitrogens with two attached hydrogens (primary N) is 1. The van der Waals surface area contributed by atoms with Gasteiger partial charge in [0.15, 0.2) is 0 Å². The number of benzene rings is 1. The minimum atomic E-state index is -0.500. The Morgan fingerprint density at radius 1 is 1.18 bits per heavy atom. The summed E-state index contributed by atoms with van der Waals surface area (Å²) >= 11 is 8.37. The van der Waals surface area contributed by atoms with Gasteiger partial charge in [0.05, 0.1) is 0 Å². The van der Waals surface area contributed by atoms with E-state index in [0.717, 1.165) is 13.1 Å². The van der Waals surface area contributed by atoms with E-state index in [9.17, 15) is 4.79 Å². The number of hydrogen-bond donors (Lipinski definition) is 4. The average Bonchev–Trinajstić information content (AvgIpc) is 2.48. The maximum atomic E-state index is 10.9. The fourth-order valence-corrected chi connectivity index (χ4v) is 1.49. The molecular weight excluding hydrogens is 322 g/mol. The van der Waals surface area contributed by atoms with Gasteiger partial charge < -0.3 is 26.2 Å². The molecule has 0 saturated carbocycles. The second-order valence-electron chi connectivity index (χ2n) is 3.74. The Morgan fingerprint density at radius 3 is 1.82 bits per heavy atom. The number of aliphatic hydroxyl groups is 2. The van der Waals surface area contributed by atoms with Crippen molar-refractivity contribution in [1.29, 1.82) is 0 Å². The van der Waals surface area contributed by atoms with Crippen LogP contribution in [0.25, 0.3) is 0 Å². The van der Waals surface area contributed by atoms with E-state index in [1.165, 1.54) is 0 Å². The number of amides is 1. The smallest absolute Gasteiger partial charge is 0.256 e. The summed E-state index contributed by atoms with van der Waals surface area (Å²) in [6.45, 7) is 5.47. The molecule has 0 saturated heterocycles. The third kappa shape index (κ3) is 13.1. The van der Waals surface area contributed by atoms with Gasteiger partial charge in [0.1, 0.15) is 0 Å². The van der Waals surface area contributed by atoms with Gasteiger partial charge in [-0.15, -0.1) is 0 Å². The third-order valence-corrected chi connectivity index (χ3v) is 2.56. The molecule has 1 rings (SSSR count). The standard InChI is InChI=1S/C8H9NO.C5H11NOS.CH3NOS/c1-9-8(10)7-5-3-2-4-6-7;1-3-6(4-2)5(7)8;2-1(3)4/h2-6H,1H3,(H,9,10);3-4H2,1-2H3,(H,7,8);(H3,2,3,4). The van der Waals surface area contributed by atoms with Crippen molar-refractivity contribution in [3.63, 3.8) is 0 Å². The molecule has 124 valence electrons. The Hall–Kier alpha value is -1.93. The molecule has 1 amide bonds. The molecule has 0 radical (unpaired) electrons. The Morgan fingerprint density at radius 2 is 1.59 bits per heavy atom. The summed E-state index contributed by atoms with van der Waals surface area (Å²) in [5.41, 5.74) is 5.10. The largest absolute Gasteiger partial charge is 0.487 e. The zero-order chi connectivity index (χ0) is 17.5. The van der Waals surface area contributed by atoms with Crippen molar-refractivity contribution in [3.8, 4) is 0 Å². The first-order chi connectivity index (χ1) is 10.3. The maximum Gasteiger partial charge on any atom is 0.256 e. The first-order valence-electron chi connectivity index (χ1n) is 6.53. The number of hydrogen-bond acceptors (Lipinski definition) is 3. The summed E-state index contributed by atoms with van der Waals surface area (Å²) in [6.07, 6.45) is 0. The number of aliphatic hydroxyl groups excluding tert-OH is 2. The molecule has 0 aromatic heterocycles. The van der Waals surface area contributed by atoms with Crippen LogP contribution < -0.4 is 11.1 Å². The Balaban J connectivity index is 0. The Bertz CT molecular complexity index is 448. The number of nitrogens with one attached hydrogen (secondary N) is 1. The second kappa shape index (κ2) is 14.0. The highest BCUT2D eigenvalue weighted by molar-refractivity contribution is 7.80. The lowest BCUT2D eigenvalue weighted by molar-refractivity contribution is 0.0963. The summed E-state index contributed by atoms with van der Waals surface area (Å²) in [6, 6.07) is 9.11. The zero-order valence-electron chi connectivity index (χ0n) is 12.9. The predicted octanol–water partition coefficient (Wildman–Crippen LogP) is 2.01. The van der Waals surface area contributed by atoms with Crippen LogP contribution in [0.2, 0.25) is 0 Å². The van der Waals surface area contributed by atoms with E-state index in [0.29, 0.717) is 5.56 Å². The molecular formula is C14H23N3O3S2. The molecule has 0 aliphatic rings. The molecule has 6 nitrogen and oxygen atoms in total. The van der Waals surface area contributed by atoms with E-state index in [-0.39, 0.29) is 11.1 Å². The van der Waals surface area contributed by atoms with Gasteiger partial charge in [-0.3, -0.25) is 4.79 Å². The summed E-state index contributed by atoms with van der Waals surface area (Å²) in [4.78, 5) is 12.6. The van der Waals surface area contributed by atoms with E-state index in [4.69, 9.17) is 10.2 Å². The lowest BCUT2D eigenvalue weighted by Gasteiger charge is -2.15. The molecule has 0 aliphatic heterocycles. The SMILES string of the molecule is CCN(CC)C(O)=S.CNC(=O)c1ccccc1.NC(O)=S. The van der Waals surface area contributed by atoms with Gasteiger partial charge in [-0.25, -0.2) is 0 Å². The van der Waals surface area contributed by atoms with Crippen molar-refractivity contribution >= 4 is 40.7 Å². The molecule has 0 unspecified atom stereocenters. The normalized spacial score (nSPS) is 8.32. The van der Waals surface area contributed by atoms with Crippen LogP contribution in [0.3, 0.4) is 0 Å². The zero-order valence-corrected chi connectivity index (χ0v) is 14.6. The van der Waals surface area contributed by atoms with Gasteiger partial charge in [-0.05, 0) is 50.4 Å². The number of thiocarbonyl (C=S) groups is 2. The summed E-state index contributed by atoms with van der Waals surface area (Å²) in [5.74, 6) is -0.0411. The fourth-order valence-electron chi connectivity index (χ4n) is 1.23. The quantitative estimate of drug-likeness (QED) is 0.622. The highest BCUT2D eigenvalue weighted by atomic mass is 32.1. The van der Waals surface area contributed by atoms with Crippen molar-refractivity contribution in [2.45, 2.75) is 13.8 Å². The highest BCUT2D eigenvalue weighted by Crippen LogP contribution is 1.96. The molecule has 0 fully saturated rings. The minimum Gasteiger partial charge on any atom is -0.487 e. The molecule has 0 heterocycles. The van der Waals surface area contributed by atoms with E-state index in [1.54, 1.807) is 24.1 Å². The van der Waals surface area contributed by atoms with Gasteiger partial charge in [0.25, 0.3) is 16.3 Å². The van der Waals surface area contributed by atoms with E-state index in [2.05, 4.69) is 35.5 Å². The molecule has 0 atom stereocenters. The van der Waals surface area contributed by atoms with Gasteiger partial charge in [-0.1, -0.05) is 18.2 Å². The monoisotopic (exact) mass is 345 g/mol. The van der Waals surface area contributed by atoms with Crippen LogP contribution in [-0.4, -0.2) is 51.5 Å². The van der Waals surface area contributed by atoms with Crippen molar-refractivity contribution in [3.05, 3.63) is 35.9 Å². The van der Waals surface area contributed by atoms with Crippen LogP contribution in [0, 0.1) is 0 Å². The summed E-state index contributed by atoms with van der Waals surface area (Å²) < 4.78 is 0. The van der Waals surface area contributed by atoms with Crippen LogP contribution in [-0.2, 0) is 0 Å². The number of rotatable bonds is 3. The van der Waals surface area contributed by atoms with Gasteiger partial charge >= 0.3 is 0 Å². The fraction of sp³-hybridized carbons (Fsp3) is 0.357. The van der Waals surface area contributed by atoms with Gasteiger partial charge in [-0.2, -0.15) is 0 Å². The highest BCUT2D eigenvalue weighted by Gasteiger charge is 1.98. The van der Waals surface area contributed by atoms with Crippen molar-refractivity contribution in [1.82, 2.24) is 10.2 Å². The molecule has 0 spiro atoms. The van der Waals surface area contributed by atoms with Gasteiger partial charge in [0, 0.05) is 25.7 Å². The summed E-state index contributed by atoms with van der Waals surface area (Å²) in [5, 5.41) is 18.3. The van der Waals surface area contributed by atoms with Crippen molar-refractivity contribution in [2.75, 3.05) is 20.1 Å². The van der Waals surface area contributed by atoms with Crippen LogP contribution in [0.1, 0.15) is 24.2 Å². The third-order valence-electron chi connectivity index (χ3n) is 2.30. The lowest BCUT2D eigenvalue weighted by Crippen LogP contribution is -2.28. The molecule has 0 bridgehead atoms. The van der Waals surface area contributed by atoms with E-state index >= 15 is 0 Å². The van der Waals surface area contributed by atoms with Crippen molar-refractivity contribution in [2.24, 2.45) is 5.73 Å². The second-order valence-corrected chi connectivity index (χ2v) is 4.52. The lowest BCUT2D eigenvalue weighted by atomic mass is 10.2. The molecule has 5 N–H and O–H groups in total. The average molecular weight is 345 g/mol. The molecule has 0 aliphatic carbocycles. The maximum absolute atomic E-state index is 10.9. The van der Waals surface area contributed by atoms with Crippen LogP contribution in [0.5, 0.6) is 0 Å². The number of carbonyl (C=O) groups is 1. The Labute approximate surface area is 141 Å². The predicted molar refractivity (Wildman–Crippen MR) is 97.4 cm³/mol.